The third-order valence-corrected chi connectivity index (χ3v) is 4.38. The van der Waals surface area contributed by atoms with E-state index in [1.165, 1.54) is 12.7 Å². The number of nitrogens with two attached hydrogens (primary N) is 1. The first kappa shape index (κ1) is 18.4. The highest BCUT2D eigenvalue weighted by Crippen LogP contribution is 2.31. The predicted octanol–water partition coefficient (Wildman–Crippen LogP) is 0.0555. The van der Waals surface area contributed by atoms with Crippen LogP contribution in [0.1, 0.15) is 12.6 Å². The largest absolute Gasteiger partial charge is 0.394 e. The molecule has 0 spiro atoms. The van der Waals surface area contributed by atoms with E-state index in [1.54, 1.807) is 17.1 Å². The summed E-state index contributed by atoms with van der Waals surface area (Å²) in [6.07, 6.45) is 4.78. The highest BCUT2D eigenvalue weighted by molar-refractivity contribution is 6.28. The average molecular weight is 406 g/mol. The molecule has 5 rings (SSSR count). The SMILES string of the molecule is Nc1nc(Cl)nc2c1ncn2[C@H]1C[C@H](O)[C@@H](CO)O1.c1ncc2[nH]cnc2n1. The number of halogens is 1. The van der Waals surface area contributed by atoms with Crippen LogP contribution in [-0.2, 0) is 4.74 Å². The number of anilines is 1. The van der Waals surface area contributed by atoms with E-state index in [9.17, 15) is 5.11 Å². The van der Waals surface area contributed by atoms with Gasteiger partial charge >= 0.3 is 0 Å². The molecule has 28 heavy (non-hydrogen) atoms. The summed E-state index contributed by atoms with van der Waals surface area (Å²) >= 11 is 5.77. The molecule has 3 atom stereocenters. The molecular formula is C15H16ClN9O3. The van der Waals surface area contributed by atoms with Gasteiger partial charge in [0.25, 0.3) is 0 Å². The lowest BCUT2D eigenvalue weighted by Gasteiger charge is -2.13. The molecule has 1 aliphatic rings. The van der Waals surface area contributed by atoms with Crippen molar-refractivity contribution in [1.29, 1.82) is 0 Å². The molecule has 5 heterocycles. The van der Waals surface area contributed by atoms with Gasteiger partial charge in [0.1, 0.15) is 29.7 Å². The van der Waals surface area contributed by atoms with Gasteiger partial charge < -0.3 is 25.7 Å². The lowest BCUT2D eigenvalue weighted by molar-refractivity contribution is -0.0432. The summed E-state index contributed by atoms with van der Waals surface area (Å²) < 4.78 is 7.16. The minimum absolute atomic E-state index is 0.0176. The number of aliphatic hydroxyl groups is 2. The van der Waals surface area contributed by atoms with Gasteiger partial charge in [0.2, 0.25) is 5.28 Å². The van der Waals surface area contributed by atoms with Crippen LogP contribution in [0.15, 0.2) is 25.2 Å². The molecule has 146 valence electrons. The molecule has 4 aromatic rings. The summed E-state index contributed by atoms with van der Waals surface area (Å²) in [5.41, 5.74) is 8.16. The van der Waals surface area contributed by atoms with Crippen molar-refractivity contribution >= 4 is 39.7 Å². The van der Waals surface area contributed by atoms with E-state index in [0.29, 0.717) is 23.2 Å². The topological polar surface area (TPSA) is 174 Å². The van der Waals surface area contributed by atoms with Gasteiger partial charge in [0, 0.05) is 6.42 Å². The van der Waals surface area contributed by atoms with Gasteiger partial charge in [-0.05, 0) is 11.6 Å². The van der Waals surface area contributed by atoms with Crippen molar-refractivity contribution in [3.05, 3.63) is 30.5 Å². The van der Waals surface area contributed by atoms with E-state index in [0.717, 1.165) is 5.52 Å². The normalized spacial score (nSPS) is 21.8. The molecule has 0 aliphatic carbocycles. The van der Waals surface area contributed by atoms with Crippen LogP contribution in [0.5, 0.6) is 0 Å². The standard InChI is InChI=1S/C10H12ClN5O3.C5H4N4/c11-10-14-8(12)7-9(15-10)16(3-13-7)6-1-4(18)5(2-17)19-6;1-4-5(8-2-6-1)9-3-7-4/h3-6,17-18H,1-2H2,(H2,12,14,15);1-3H,(H,6,7,8,9)/t4-,5+,6+;/m0./s1. The zero-order valence-electron chi connectivity index (χ0n) is 14.3. The number of imidazole rings is 2. The molecule has 1 fully saturated rings. The molecule has 1 saturated heterocycles. The van der Waals surface area contributed by atoms with Crippen LogP contribution >= 0.6 is 11.6 Å². The molecule has 0 radical (unpaired) electrons. The number of aromatic amines is 1. The quantitative estimate of drug-likeness (QED) is 0.333. The molecule has 0 amide bonds. The second-order valence-electron chi connectivity index (χ2n) is 5.98. The molecule has 0 aromatic carbocycles. The molecule has 12 nitrogen and oxygen atoms in total. The molecule has 13 heteroatoms. The second kappa shape index (κ2) is 7.59. The van der Waals surface area contributed by atoms with E-state index in [2.05, 4.69) is 34.9 Å². The van der Waals surface area contributed by atoms with Crippen LogP contribution < -0.4 is 5.73 Å². The van der Waals surface area contributed by atoms with Gasteiger partial charge in [0.05, 0.1) is 31.6 Å². The maximum atomic E-state index is 9.74. The fourth-order valence-corrected chi connectivity index (χ4v) is 3.03. The van der Waals surface area contributed by atoms with Crippen LogP contribution in [0.3, 0.4) is 0 Å². The molecule has 0 saturated carbocycles. The number of nitrogens with zero attached hydrogens (tertiary/aromatic N) is 7. The highest BCUT2D eigenvalue weighted by atomic mass is 35.5. The summed E-state index contributed by atoms with van der Waals surface area (Å²) in [5, 5.41) is 18.8. The van der Waals surface area contributed by atoms with Crippen LogP contribution in [0.4, 0.5) is 5.82 Å². The number of H-pyrrole nitrogens is 1. The minimum Gasteiger partial charge on any atom is -0.394 e. The van der Waals surface area contributed by atoms with Gasteiger partial charge in [-0.2, -0.15) is 9.97 Å². The molecule has 0 unspecified atom stereocenters. The van der Waals surface area contributed by atoms with Crippen LogP contribution in [0, 0.1) is 0 Å². The van der Waals surface area contributed by atoms with Crippen molar-refractivity contribution in [2.24, 2.45) is 0 Å². The predicted molar refractivity (Wildman–Crippen MR) is 98.0 cm³/mol. The van der Waals surface area contributed by atoms with Crippen molar-refractivity contribution in [3.63, 3.8) is 0 Å². The minimum atomic E-state index is -0.734. The third kappa shape index (κ3) is 3.45. The Balaban J connectivity index is 0.000000177. The fourth-order valence-electron chi connectivity index (χ4n) is 2.86. The molecule has 0 bridgehead atoms. The summed E-state index contributed by atoms with van der Waals surface area (Å²) in [6.45, 7) is -0.248. The number of fused-ring (bicyclic) bond motifs is 2. The van der Waals surface area contributed by atoms with Crippen LogP contribution in [0.2, 0.25) is 5.28 Å². The van der Waals surface area contributed by atoms with Gasteiger partial charge in [-0.3, -0.25) is 4.57 Å². The molecular weight excluding hydrogens is 390 g/mol. The lowest BCUT2D eigenvalue weighted by Crippen LogP contribution is -2.24. The molecule has 1 aliphatic heterocycles. The number of nitrogen functional groups attached to an aromatic ring is 1. The smallest absolute Gasteiger partial charge is 0.226 e. The first-order valence-electron chi connectivity index (χ1n) is 8.26. The van der Waals surface area contributed by atoms with Crippen molar-refractivity contribution < 1.29 is 14.9 Å². The number of hydrogen-bond donors (Lipinski definition) is 4. The summed E-state index contributed by atoms with van der Waals surface area (Å²) in [7, 11) is 0. The number of hydrogen-bond acceptors (Lipinski definition) is 10. The zero-order chi connectivity index (χ0) is 19.7. The lowest BCUT2D eigenvalue weighted by atomic mass is 10.2. The van der Waals surface area contributed by atoms with Gasteiger partial charge in [-0.1, -0.05) is 0 Å². The Bertz CT molecular complexity index is 1070. The number of ether oxygens (including phenoxy) is 1. The van der Waals surface area contributed by atoms with Crippen molar-refractivity contribution in [1.82, 2.24) is 39.5 Å². The van der Waals surface area contributed by atoms with Gasteiger partial charge in [-0.15, -0.1) is 0 Å². The van der Waals surface area contributed by atoms with E-state index >= 15 is 0 Å². The van der Waals surface area contributed by atoms with E-state index in [1.807, 2.05) is 0 Å². The Kier molecular flexibility index (Phi) is 5.00. The maximum absolute atomic E-state index is 9.74. The first-order valence-corrected chi connectivity index (χ1v) is 8.63. The third-order valence-electron chi connectivity index (χ3n) is 4.21. The fraction of sp³-hybridized carbons (Fsp3) is 0.333. The number of aromatic nitrogens is 8. The van der Waals surface area contributed by atoms with Crippen LogP contribution in [-0.4, -0.2) is 68.5 Å². The van der Waals surface area contributed by atoms with Crippen molar-refractivity contribution in [3.8, 4) is 0 Å². The summed E-state index contributed by atoms with van der Waals surface area (Å²) in [6, 6.07) is 0. The van der Waals surface area contributed by atoms with Gasteiger partial charge in [0.15, 0.2) is 17.1 Å². The highest BCUT2D eigenvalue weighted by Gasteiger charge is 2.35. The first-order chi connectivity index (χ1) is 13.6. The Morgan fingerprint density at radius 3 is 2.93 bits per heavy atom. The average Bonchev–Trinajstić information content (AvgIpc) is 3.39. The van der Waals surface area contributed by atoms with Crippen LogP contribution in [0.25, 0.3) is 22.3 Å². The summed E-state index contributed by atoms with van der Waals surface area (Å²) in [5.74, 6) is 0.186. The number of nitrogens with one attached hydrogen (secondary N) is 1. The van der Waals surface area contributed by atoms with E-state index in [4.69, 9.17) is 27.2 Å². The monoisotopic (exact) mass is 405 g/mol. The second-order valence-corrected chi connectivity index (χ2v) is 6.32. The summed E-state index contributed by atoms with van der Waals surface area (Å²) in [4.78, 5) is 26.5. The van der Waals surface area contributed by atoms with Crippen molar-refractivity contribution in [2.75, 3.05) is 12.3 Å². The Morgan fingerprint density at radius 2 is 2.18 bits per heavy atom. The van der Waals surface area contributed by atoms with E-state index < -0.39 is 18.4 Å². The van der Waals surface area contributed by atoms with Crippen molar-refractivity contribution in [2.45, 2.75) is 24.9 Å². The Morgan fingerprint density at radius 1 is 1.32 bits per heavy atom. The number of rotatable bonds is 2. The molecule has 5 N–H and O–H groups in total. The Hall–Kier alpha value is -2.93. The number of aliphatic hydroxyl groups excluding tert-OH is 2. The maximum Gasteiger partial charge on any atom is 0.226 e. The Labute approximate surface area is 162 Å². The zero-order valence-corrected chi connectivity index (χ0v) is 15.1. The van der Waals surface area contributed by atoms with E-state index in [-0.39, 0.29) is 17.7 Å². The molecule has 4 aromatic heterocycles. The van der Waals surface area contributed by atoms with Gasteiger partial charge in [-0.25, -0.2) is 19.9 Å².